The van der Waals surface area contributed by atoms with Crippen LogP contribution in [-0.2, 0) is 17.8 Å². The van der Waals surface area contributed by atoms with Crippen molar-refractivity contribution in [3.05, 3.63) is 63.1 Å². The van der Waals surface area contributed by atoms with E-state index >= 15 is 0 Å². The number of aromatic hydroxyl groups is 1. The summed E-state index contributed by atoms with van der Waals surface area (Å²) >= 11 is 6.18. The number of halogens is 4. The van der Waals surface area contributed by atoms with Crippen LogP contribution in [0.4, 0.5) is 30.4 Å². The third-order valence-electron chi connectivity index (χ3n) is 8.30. The van der Waals surface area contributed by atoms with Crippen molar-refractivity contribution in [2.24, 2.45) is 0 Å². The molecule has 18 heteroatoms. The predicted molar refractivity (Wildman–Crippen MR) is 180 cm³/mol. The van der Waals surface area contributed by atoms with Crippen molar-refractivity contribution in [2.45, 2.75) is 52.6 Å². The first-order valence-electron chi connectivity index (χ1n) is 15.6. The number of nitrogens with one attached hydrogen (secondary N) is 1. The van der Waals surface area contributed by atoms with E-state index in [1.165, 1.54) is 18.6 Å². The van der Waals surface area contributed by atoms with Gasteiger partial charge in [-0.25, -0.2) is 19.9 Å². The number of rotatable bonds is 9. The second-order valence-corrected chi connectivity index (χ2v) is 12.2. The van der Waals surface area contributed by atoms with Gasteiger partial charge in [0.2, 0.25) is 11.3 Å². The van der Waals surface area contributed by atoms with Crippen LogP contribution in [0.15, 0.2) is 35.5 Å². The third-order valence-corrected chi connectivity index (χ3v) is 8.62. The summed E-state index contributed by atoms with van der Waals surface area (Å²) in [4.78, 5) is 63.5. The topological polar surface area (TPSA) is 159 Å². The molecule has 5 rings (SSSR count). The van der Waals surface area contributed by atoms with Crippen LogP contribution < -0.4 is 25.3 Å². The van der Waals surface area contributed by atoms with Gasteiger partial charge in [0.05, 0.1) is 22.6 Å². The maximum atomic E-state index is 14.4. The molecule has 2 N–H and O–H groups in total. The fourth-order valence-corrected chi connectivity index (χ4v) is 6.06. The molecule has 0 unspecified atom stereocenters. The minimum Gasteiger partial charge on any atom is -0.504 e. The molecular weight excluding hydrogens is 683 g/mol. The van der Waals surface area contributed by atoms with Crippen molar-refractivity contribution in [2.75, 3.05) is 48.8 Å². The molecular formula is C32H35ClF3N9O5. The number of carbonyl (C=O) groups excluding carboxylic acids is 2. The number of piperazine rings is 1. The summed E-state index contributed by atoms with van der Waals surface area (Å²) in [6, 6.07) is 2.81. The summed E-state index contributed by atoms with van der Waals surface area (Å²) in [5, 5.41) is 12.9. The van der Waals surface area contributed by atoms with Crippen LogP contribution in [-0.4, -0.2) is 92.5 Å². The Morgan fingerprint density at radius 3 is 2.54 bits per heavy atom. The van der Waals surface area contributed by atoms with Crippen LogP contribution in [0.1, 0.15) is 42.1 Å². The number of aromatic nitrogens is 5. The van der Waals surface area contributed by atoms with Gasteiger partial charge in [-0.2, -0.15) is 0 Å². The second kappa shape index (κ2) is 14.3. The van der Waals surface area contributed by atoms with E-state index in [2.05, 4.69) is 30.0 Å². The maximum absolute atomic E-state index is 14.4. The number of benzene rings is 1. The molecule has 0 spiro atoms. The summed E-state index contributed by atoms with van der Waals surface area (Å²) in [5.41, 5.74) is 0.808. The van der Waals surface area contributed by atoms with Gasteiger partial charge in [-0.3, -0.25) is 14.4 Å². The quantitative estimate of drug-likeness (QED) is 0.256. The molecule has 1 atom stereocenters. The average molecular weight is 718 g/mol. The standard InChI is InChI=1S/C32H35ClF3N9O5/c1-6-18-14-43(31(49)26-28(47)17(3)38-16-39-26)10-11-44(18)27-22(7-2)45(30-25(29(27)48)41-23(13-37-30)42(4)5)15-24(46)40-21-9-8-19(12-20(21)33)50-32(34,35)36/h8-9,12-13,16,18,47H,6-7,10-11,14-15H2,1-5H3,(H,40,46)/t18-/m0/s1. The van der Waals surface area contributed by atoms with Gasteiger partial charge in [-0.15, -0.1) is 13.2 Å². The summed E-state index contributed by atoms with van der Waals surface area (Å²) < 4.78 is 43.5. The highest BCUT2D eigenvalue weighted by molar-refractivity contribution is 6.33. The molecule has 0 saturated carbocycles. The molecule has 4 heterocycles. The molecule has 1 saturated heterocycles. The van der Waals surface area contributed by atoms with Gasteiger partial charge < -0.3 is 34.4 Å². The molecule has 0 aliphatic carbocycles. The van der Waals surface area contributed by atoms with E-state index in [-0.39, 0.29) is 71.2 Å². The normalized spacial score (nSPS) is 14.9. The Morgan fingerprint density at radius 2 is 1.90 bits per heavy atom. The number of hydrogen-bond acceptors (Lipinski definition) is 11. The lowest BCUT2D eigenvalue weighted by Crippen LogP contribution is -2.56. The van der Waals surface area contributed by atoms with Crippen molar-refractivity contribution in [3.8, 4) is 11.5 Å². The van der Waals surface area contributed by atoms with Gasteiger partial charge in [-0.1, -0.05) is 25.4 Å². The minimum atomic E-state index is -4.92. The van der Waals surface area contributed by atoms with Crippen molar-refractivity contribution >= 4 is 51.8 Å². The van der Waals surface area contributed by atoms with Crippen molar-refractivity contribution in [1.82, 2.24) is 29.4 Å². The summed E-state index contributed by atoms with van der Waals surface area (Å²) in [7, 11) is 3.50. The Kier molecular flexibility index (Phi) is 10.4. The maximum Gasteiger partial charge on any atom is 0.573 e. The molecule has 3 aromatic heterocycles. The van der Waals surface area contributed by atoms with E-state index in [9.17, 15) is 32.7 Å². The van der Waals surface area contributed by atoms with Gasteiger partial charge in [0, 0.05) is 51.5 Å². The lowest BCUT2D eigenvalue weighted by Gasteiger charge is -2.43. The molecule has 266 valence electrons. The fraction of sp³-hybridized carbons (Fsp3) is 0.406. The number of hydrogen-bond donors (Lipinski definition) is 2. The lowest BCUT2D eigenvalue weighted by atomic mass is 10.0. The van der Waals surface area contributed by atoms with Crippen molar-refractivity contribution < 1.29 is 32.6 Å². The Balaban J connectivity index is 1.53. The first-order chi connectivity index (χ1) is 23.6. The van der Waals surface area contributed by atoms with Crippen LogP contribution in [0.5, 0.6) is 11.5 Å². The van der Waals surface area contributed by atoms with E-state index < -0.39 is 29.4 Å². The molecule has 1 aliphatic rings. The largest absolute Gasteiger partial charge is 0.573 e. The Bertz CT molecular complexity index is 2010. The molecule has 50 heavy (non-hydrogen) atoms. The molecule has 1 aromatic carbocycles. The third kappa shape index (κ3) is 7.36. The zero-order valence-electron chi connectivity index (χ0n) is 27.9. The van der Waals surface area contributed by atoms with E-state index in [1.54, 1.807) is 35.4 Å². The van der Waals surface area contributed by atoms with E-state index in [1.807, 2.05) is 18.7 Å². The molecule has 1 aliphatic heterocycles. The first kappa shape index (κ1) is 36.1. The number of amides is 2. The number of nitrogens with zero attached hydrogens (tertiary/aromatic N) is 8. The summed E-state index contributed by atoms with van der Waals surface area (Å²) in [6.45, 7) is 5.65. The van der Waals surface area contributed by atoms with E-state index in [0.717, 1.165) is 12.1 Å². The number of alkyl halides is 3. The van der Waals surface area contributed by atoms with Gasteiger partial charge in [-0.05, 0) is 31.9 Å². The zero-order valence-corrected chi connectivity index (χ0v) is 28.6. The molecule has 0 bridgehead atoms. The van der Waals surface area contributed by atoms with Crippen LogP contribution >= 0.6 is 11.6 Å². The number of ether oxygens (including phenoxy) is 1. The van der Waals surface area contributed by atoms with Gasteiger partial charge in [0.1, 0.15) is 30.1 Å². The van der Waals surface area contributed by atoms with Crippen LogP contribution in [0.3, 0.4) is 0 Å². The van der Waals surface area contributed by atoms with Crippen LogP contribution in [0.25, 0.3) is 11.2 Å². The van der Waals surface area contributed by atoms with Crippen molar-refractivity contribution in [1.29, 1.82) is 0 Å². The number of anilines is 3. The summed E-state index contributed by atoms with van der Waals surface area (Å²) in [5.74, 6) is -1.49. The number of carbonyl (C=O) groups is 2. The number of fused-ring (bicyclic) bond motifs is 1. The summed E-state index contributed by atoms with van der Waals surface area (Å²) in [6.07, 6.45) is -1.38. The molecule has 2 amide bonds. The highest BCUT2D eigenvalue weighted by atomic mass is 35.5. The smallest absolute Gasteiger partial charge is 0.504 e. The molecule has 14 nitrogen and oxygen atoms in total. The zero-order chi connectivity index (χ0) is 36.5. The van der Waals surface area contributed by atoms with Gasteiger partial charge in [0.25, 0.3) is 5.91 Å². The van der Waals surface area contributed by atoms with E-state index in [0.29, 0.717) is 30.0 Å². The molecule has 1 fully saturated rings. The molecule has 0 radical (unpaired) electrons. The Labute approximate surface area is 289 Å². The fourth-order valence-electron chi connectivity index (χ4n) is 5.85. The Morgan fingerprint density at radius 1 is 1.16 bits per heavy atom. The highest BCUT2D eigenvalue weighted by Gasteiger charge is 2.35. The Hall–Kier alpha value is -5.19. The average Bonchev–Trinajstić information content (AvgIpc) is 3.06. The molecule has 4 aromatic rings. The first-order valence-corrected chi connectivity index (χ1v) is 16.0. The van der Waals surface area contributed by atoms with Crippen LogP contribution in [0, 0.1) is 6.92 Å². The number of aryl methyl sites for hydroxylation is 1. The number of pyridine rings is 1. The van der Waals surface area contributed by atoms with Crippen LogP contribution in [0.2, 0.25) is 5.02 Å². The minimum absolute atomic E-state index is 0.0256. The second-order valence-electron chi connectivity index (χ2n) is 11.8. The van der Waals surface area contributed by atoms with E-state index in [4.69, 9.17) is 11.6 Å². The predicted octanol–water partition coefficient (Wildman–Crippen LogP) is 4.16. The van der Waals surface area contributed by atoms with Gasteiger partial charge in [0.15, 0.2) is 22.6 Å². The highest BCUT2D eigenvalue weighted by Crippen LogP contribution is 2.32. The van der Waals surface area contributed by atoms with Crippen molar-refractivity contribution in [3.63, 3.8) is 0 Å². The van der Waals surface area contributed by atoms with Gasteiger partial charge >= 0.3 is 6.36 Å². The lowest BCUT2D eigenvalue weighted by molar-refractivity contribution is -0.274. The SMILES string of the molecule is CCc1c(N2CCN(C(=O)c3ncnc(C)c3O)C[C@@H]2CC)c(=O)c2nc(N(C)C)cnc2n1CC(=O)Nc1ccc(OC(F)(F)F)cc1Cl. The monoisotopic (exact) mass is 717 g/mol.